The maximum atomic E-state index is 11.2. The van der Waals surface area contributed by atoms with E-state index >= 15 is 0 Å². The van der Waals surface area contributed by atoms with Crippen LogP contribution in [0.5, 0.6) is 0 Å². The van der Waals surface area contributed by atoms with Gasteiger partial charge in [-0.3, -0.25) is 9.59 Å². The van der Waals surface area contributed by atoms with Crippen LogP contribution in [0.3, 0.4) is 0 Å². The van der Waals surface area contributed by atoms with E-state index in [4.69, 9.17) is 14.2 Å². The van der Waals surface area contributed by atoms with Crippen molar-refractivity contribution in [3.8, 4) is 0 Å². The lowest BCUT2D eigenvalue weighted by molar-refractivity contribution is -0.163. The van der Waals surface area contributed by atoms with Crippen LogP contribution in [0.4, 0.5) is 0 Å². The first-order chi connectivity index (χ1) is 10.5. The molecule has 118 valence electrons. The largest absolute Gasteiger partial charge is 0.463 e. The molecule has 0 amide bonds. The molecule has 6 heteroatoms. The quantitative estimate of drug-likeness (QED) is 0.429. The Morgan fingerprint density at radius 1 is 1.14 bits per heavy atom. The van der Waals surface area contributed by atoms with Gasteiger partial charge in [0.15, 0.2) is 0 Å². The molecule has 0 saturated heterocycles. The highest BCUT2D eigenvalue weighted by molar-refractivity contribution is 14.1. The second kappa shape index (κ2) is 7.73. The van der Waals surface area contributed by atoms with Crippen molar-refractivity contribution in [2.24, 2.45) is 0 Å². The summed E-state index contributed by atoms with van der Waals surface area (Å²) < 4.78 is 17.3. The molecule has 1 aromatic carbocycles. The highest BCUT2D eigenvalue weighted by Crippen LogP contribution is 2.28. The predicted molar refractivity (Wildman–Crippen MR) is 88.1 cm³/mol. The molecule has 0 spiro atoms. The SMILES string of the molecule is CC(=O)OC[C@H]1O[C@H](c2ccc(I)cc2)C=C[C@@H]1OC(C)=O. The van der Waals surface area contributed by atoms with Gasteiger partial charge in [-0.25, -0.2) is 0 Å². The molecule has 0 radical (unpaired) electrons. The van der Waals surface area contributed by atoms with E-state index in [0.717, 1.165) is 9.13 Å². The minimum absolute atomic E-state index is 0.0402. The zero-order chi connectivity index (χ0) is 16.1. The van der Waals surface area contributed by atoms with E-state index in [1.165, 1.54) is 13.8 Å². The summed E-state index contributed by atoms with van der Waals surface area (Å²) in [5.74, 6) is -0.802. The Hall–Kier alpha value is -1.41. The van der Waals surface area contributed by atoms with Crippen molar-refractivity contribution in [1.29, 1.82) is 0 Å². The number of carbonyl (C=O) groups is 2. The fourth-order valence-electron chi connectivity index (χ4n) is 2.13. The molecule has 3 atom stereocenters. The summed E-state index contributed by atoms with van der Waals surface area (Å²) in [5.41, 5.74) is 0.991. The Kier molecular flexibility index (Phi) is 5.96. The van der Waals surface area contributed by atoms with Crippen LogP contribution in [0.2, 0.25) is 0 Å². The number of ether oxygens (including phenoxy) is 3. The minimum atomic E-state index is -0.558. The highest BCUT2D eigenvalue weighted by Gasteiger charge is 2.31. The second-order valence-electron chi connectivity index (χ2n) is 4.91. The Labute approximate surface area is 142 Å². The van der Waals surface area contributed by atoms with Crippen molar-refractivity contribution in [3.05, 3.63) is 45.6 Å². The number of carbonyl (C=O) groups excluding carboxylic acids is 2. The fourth-order valence-corrected chi connectivity index (χ4v) is 2.49. The normalized spacial score (nSPS) is 23.9. The number of rotatable bonds is 4. The van der Waals surface area contributed by atoms with Crippen molar-refractivity contribution >= 4 is 34.5 Å². The molecule has 0 N–H and O–H groups in total. The smallest absolute Gasteiger partial charge is 0.303 e. The Morgan fingerprint density at radius 2 is 1.82 bits per heavy atom. The molecule has 1 heterocycles. The molecule has 2 rings (SSSR count). The van der Waals surface area contributed by atoms with Crippen molar-refractivity contribution in [2.45, 2.75) is 32.2 Å². The topological polar surface area (TPSA) is 61.8 Å². The molecule has 0 aromatic heterocycles. The van der Waals surface area contributed by atoms with Crippen molar-refractivity contribution in [1.82, 2.24) is 0 Å². The van der Waals surface area contributed by atoms with Gasteiger partial charge in [-0.15, -0.1) is 0 Å². The number of benzene rings is 1. The van der Waals surface area contributed by atoms with Gasteiger partial charge < -0.3 is 14.2 Å². The van der Waals surface area contributed by atoms with Crippen LogP contribution in [0.25, 0.3) is 0 Å². The molecule has 1 aliphatic rings. The molecule has 0 saturated carbocycles. The lowest BCUT2D eigenvalue weighted by atomic mass is 10.0. The molecule has 0 bridgehead atoms. The lowest BCUT2D eigenvalue weighted by Crippen LogP contribution is -2.39. The van der Waals surface area contributed by atoms with Gasteiger partial charge >= 0.3 is 11.9 Å². The monoisotopic (exact) mass is 416 g/mol. The van der Waals surface area contributed by atoms with Crippen LogP contribution in [0.15, 0.2) is 36.4 Å². The van der Waals surface area contributed by atoms with Crippen LogP contribution in [0.1, 0.15) is 25.5 Å². The third-order valence-corrected chi connectivity index (χ3v) is 3.83. The van der Waals surface area contributed by atoms with Gasteiger partial charge in [-0.05, 0) is 46.4 Å². The number of halogens is 1. The summed E-state index contributed by atoms with van der Waals surface area (Å²) >= 11 is 2.23. The Bertz CT molecular complexity index is 566. The summed E-state index contributed by atoms with van der Waals surface area (Å²) in [4.78, 5) is 22.2. The molecule has 22 heavy (non-hydrogen) atoms. The highest BCUT2D eigenvalue weighted by atomic mass is 127. The lowest BCUT2D eigenvalue weighted by Gasteiger charge is -2.31. The average molecular weight is 416 g/mol. The summed E-state index contributed by atoms with van der Waals surface area (Å²) in [7, 11) is 0. The first-order valence-electron chi connectivity index (χ1n) is 6.85. The van der Waals surface area contributed by atoms with Gasteiger partial charge in [-0.1, -0.05) is 18.2 Å². The van der Waals surface area contributed by atoms with Crippen LogP contribution in [0, 0.1) is 3.57 Å². The van der Waals surface area contributed by atoms with Crippen molar-refractivity contribution in [2.75, 3.05) is 6.61 Å². The van der Waals surface area contributed by atoms with E-state index < -0.39 is 24.1 Å². The summed E-state index contributed by atoms with van der Waals surface area (Å²) in [6.45, 7) is 2.70. The Morgan fingerprint density at radius 3 is 2.41 bits per heavy atom. The van der Waals surface area contributed by atoms with E-state index in [0.29, 0.717) is 0 Å². The van der Waals surface area contributed by atoms with E-state index in [1.807, 2.05) is 30.3 Å². The van der Waals surface area contributed by atoms with Gasteiger partial charge in [0.1, 0.15) is 24.9 Å². The van der Waals surface area contributed by atoms with Gasteiger partial charge in [0.25, 0.3) is 0 Å². The maximum absolute atomic E-state index is 11.2. The third-order valence-electron chi connectivity index (χ3n) is 3.11. The van der Waals surface area contributed by atoms with Gasteiger partial charge in [0, 0.05) is 17.4 Å². The molecule has 5 nitrogen and oxygen atoms in total. The maximum Gasteiger partial charge on any atom is 0.303 e. The first kappa shape index (κ1) is 17.0. The fraction of sp³-hybridized carbons (Fsp3) is 0.375. The van der Waals surface area contributed by atoms with E-state index in [2.05, 4.69) is 22.6 Å². The molecular formula is C16H17IO5. The number of esters is 2. The standard InChI is InChI=1S/C16H17IO5/c1-10(18)20-9-16-15(21-11(2)19)8-7-14(22-16)12-3-5-13(17)6-4-12/h3-8,14-16H,9H2,1-2H3/t14-,15-,16+/m0/s1. The van der Waals surface area contributed by atoms with Crippen molar-refractivity contribution in [3.63, 3.8) is 0 Å². The van der Waals surface area contributed by atoms with E-state index in [-0.39, 0.29) is 12.7 Å². The number of hydrogen-bond acceptors (Lipinski definition) is 5. The average Bonchev–Trinajstić information content (AvgIpc) is 2.46. The van der Waals surface area contributed by atoms with E-state index in [9.17, 15) is 9.59 Å². The van der Waals surface area contributed by atoms with Gasteiger partial charge in [0.05, 0.1) is 0 Å². The predicted octanol–water partition coefficient (Wildman–Crippen LogP) is 2.78. The van der Waals surface area contributed by atoms with E-state index in [1.54, 1.807) is 6.08 Å². The molecule has 0 aliphatic carbocycles. The zero-order valence-electron chi connectivity index (χ0n) is 12.3. The second-order valence-corrected chi connectivity index (χ2v) is 6.15. The Balaban J connectivity index is 2.13. The van der Waals surface area contributed by atoms with Gasteiger partial charge in [-0.2, -0.15) is 0 Å². The minimum Gasteiger partial charge on any atom is -0.463 e. The van der Waals surface area contributed by atoms with Crippen molar-refractivity contribution < 1.29 is 23.8 Å². The van der Waals surface area contributed by atoms with Crippen LogP contribution < -0.4 is 0 Å². The molecule has 1 aliphatic heterocycles. The molecule has 1 aromatic rings. The van der Waals surface area contributed by atoms with Crippen LogP contribution in [-0.4, -0.2) is 30.8 Å². The summed E-state index contributed by atoms with van der Waals surface area (Å²) in [6, 6.07) is 7.94. The number of hydrogen-bond donors (Lipinski definition) is 0. The molecule has 0 unspecified atom stereocenters. The van der Waals surface area contributed by atoms with Gasteiger partial charge in [0.2, 0.25) is 0 Å². The van der Waals surface area contributed by atoms with Crippen LogP contribution in [-0.2, 0) is 23.8 Å². The van der Waals surface area contributed by atoms with Crippen LogP contribution >= 0.6 is 22.6 Å². The molecular weight excluding hydrogens is 399 g/mol. The third kappa shape index (κ3) is 4.81. The molecule has 0 fully saturated rings. The summed E-state index contributed by atoms with van der Waals surface area (Å²) in [5, 5.41) is 0. The summed E-state index contributed by atoms with van der Waals surface area (Å²) in [6.07, 6.45) is 2.28. The first-order valence-corrected chi connectivity index (χ1v) is 7.93. The zero-order valence-corrected chi connectivity index (χ0v) is 14.5.